The van der Waals surface area contributed by atoms with Crippen LogP contribution in [0.2, 0.25) is 0 Å². The molecule has 2 aliphatic rings. The summed E-state index contributed by atoms with van der Waals surface area (Å²) in [5.74, 6) is -0.670. The minimum absolute atomic E-state index is 0.158. The highest BCUT2D eigenvalue weighted by atomic mass is 19.4. The first-order chi connectivity index (χ1) is 16.6. The molecule has 1 atom stereocenters. The highest BCUT2D eigenvalue weighted by Gasteiger charge is 2.40. The molecule has 35 heavy (non-hydrogen) atoms. The van der Waals surface area contributed by atoms with E-state index in [1.165, 1.54) is 7.11 Å². The van der Waals surface area contributed by atoms with E-state index in [2.05, 4.69) is 4.74 Å². The molecule has 1 unspecified atom stereocenters. The molecule has 0 aromatic heterocycles. The third-order valence-corrected chi connectivity index (χ3v) is 6.86. The summed E-state index contributed by atoms with van der Waals surface area (Å²) < 4.78 is 67.4. The number of piperidine rings is 1. The molecule has 4 rings (SSSR count). The number of halogens is 4. The van der Waals surface area contributed by atoms with Crippen LogP contribution < -0.4 is 9.47 Å². The van der Waals surface area contributed by atoms with Crippen molar-refractivity contribution in [2.75, 3.05) is 20.2 Å². The average molecular weight is 496 g/mol. The van der Waals surface area contributed by atoms with Gasteiger partial charge in [0.25, 0.3) is 0 Å². The largest absolute Gasteiger partial charge is 0.573 e. The molecule has 2 aliphatic heterocycles. The highest BCUT2D eigenvalue weighted by molar-refractivity contribution is 5.72. The van der Waals surface area contributed by atoms with Gasteiger partial charge in [-0.2, -0.15) is 0 Å². The van der Waals surface area contributed by atoms with E-state index in [4.69, 9.17) is 9.47 Å². The smallest absolute Gasteiger partial charge is 0.487 e. The molecule has 9 heteroatoms. The second-order valence-corrected chi connectivity index (χ2v) is 9.43. The Morgan fingerprint density at radius 2 is 1.89 bits per heavy atom. The number of esters is 1. The van der Waals surface area contributed by atoms with Gasteiger partial charge in [-0.05, 0) is 67.5 Å². The van der Waals surface area contributed by atoms with E-state index in [0.717, 1.165) is 47.9 Å². The van der Waals surface area contributed by atoms with Crippen LogP contribution in [0.5, 0.6) is 11.5 Å². The molecule has 5 nitrogen and oxygen atoms in total. The number of fused-ring (bicyclic) bond motifs is 1. The molecular weight excluding hydrogens is 466 g/mol. The van der Waals surface area contributed by atoms with Crippen molar-refractivity contribution >= 4 is 5.97 Å². The van der Waals surface area contributed by atoms with Crippen molar-refractivity contribution in [3.63, 3.8) is 0 Å². The van der Waals surface area contributed by atoms with Crippen molar-refractivity contribution in [1.29, 1.82) is 0 Å². The molecular formula is C26H29F4NO4. The second kappa shape index (κ2) is 10.0. The van der Waals surface area contributed by atoms with Gasteiger partial charge >= 0.3 is 12.3 Å². The molecule has 0 N–H and O–H groups in total. The standard InChI is InChI=1S/C26H29F4NO4/c1-17(24(32)33-2)13-18-3-4-19-7-8-25(34-23(19)14-18)9-11-31(12-10-25)16-20-15-21(27)5-6-22(20)35-26(28,29)30/h3-6,14-15,17H,7-13,16H2,1-2H3. The molecule has 1 fully saturated rings. The second-order valence-electron chi connectivity index (χ2n) is 9.43. The summed E-state index contributed by atoms with van der Waals surface area (Å²) in [6.07, 6.45) is -1.14. The Labute approximate surface area is 202 Å². The predicted molar refractivity (Wildman–Crippen MR) is 121 cm³/mol. The summed E-state index contributed by atoms with van der Waals surface area (Å²) in [6, 6.07) is 9.13. The van der Waals surface area contributed by atoms with E-state index in [-0.39, 0.29) is 35.3 Å². The van der Waals surface area contributed by atoms with Crippen molar-refractivity contribution in [1.82, 2.24) is 4.90 Å². The van der Waals surface area contributed by atoms with Gasteiger partial charge in [0.1, 0.15) is 22.9 Å². The van der Waals surface area contributed by atoms with Crippen LogP contribution in [0.3, 0.4) is 0 Å². The minimum atomic E-state index is -4.84. The van der Waals surface area contributed by atoms with Gasteiger partial charge in [-0.1, -0.05) is 19.1 Å². The number of carbonyl (C=O) groups is 1. The summed E-state index contributed by atoms with van der Waals surface area (Å²) in [5.41, 5.74) is 1.95. The lowest BCUT2D eigenvalue weighted by atomic mass is 9.82. The number of benzene rings is 2. The maximum absolute atomic E-state index is 13.7. The van der Waals surface area contributed by atoms with E-state index in [0.29, 0.717) is 32.4 Å². The van der Waals surface area contributed by atoms with Crippen LogP contribution in [0.25, 0.3) is 0 Å². The van der Waals surface area contributed by atoms with Gasteiger partial charge in [0.2, 0.25) is 0 Å². The van der Waals surface area contributed by atoms with Gasteiger partial charge in [-0.3, -0.25) is 9.69 Å². The maximum atomic E-state index is 13.7. The lowest BCUT2D eigenvalue weighted by Crippen LogP contribution is -2.49. The summed E-state index contributed by atoms with van der Waals surface area (Å²) in [6.45, 7) is 3.20. The Morgan fingerprint density at radius 3 is 2.57 bits per heavy atom. The molecule has 0 radical (unpaired) electrons. The third-order valence-electron chi connectivity index (χ3n) is 6.86. The van der Waals surface area contributed by atoms with Gasteiger partial charge < -0.3 is 14.2 Å². The van der Waals surface area contributed by atoms with Gasteiger partial charge in [0.15, 0.2) is 0 Å². The van der Waals surface area contributed by atoms with Gasteiger partial charge in [-0.25, -0.2) is 4.39 Å². The topological polar surface area (TPSA) is 48.0 Å². The zero-order chi connectivity index (χ0) is 25.2. The lowest BCUT2D eigenvalue weighted by molar-refractivity contribution is -0.275. The molecule has 0 bridgehead atoms. The first-order valence-electron chi connectivity index (χ1n) is 11.7. The molecule has 2 heterocycles. The molecule has 0 aliphatic carbocycles. The number of nitrogens with zero attached hydrogens (tertiary/aromatic N) is 1. The van der Waals surface area contributed by atoms with Gasteiger partial charge in [0, 0.05) is 25.2 Å². The van der Waals surface area contributed by atoms with Crippen LogP contribution in [-0.2, 0) is 28.9 Å². The number of methoxy groups -OCH3 is 1. The van der Waals surface area contributed by atoms with Crippen LogP contribution in [-0.4, -0.2) is 43.0 Å². The van der Waals surface area contributed by atoms with Crippen LogP contribution >= 0.6 is 0 Å². The number of hydrogen-bond acceptors (Lipinski definition) is 5. The Balaban J connectivity index is 1.40. The summed E-state index contributed by atoms with van der Waals surface area (Å²) in [5, 5.41) is 0. The number of rotatable bonds is 6. The highest BCUT2D eigenvalue weighted by Crippen LogP contribution is 2.40. The molecule has 1 spiro atoms. The fraction of sp³-hybridized carbons (Fsp3) is 0.500. The first kappa shape index (κ1) is 25.3. The predicted octanol–water partition coefficient (Wildman–Crippen LogP) is 5.44. The fourth-order valence-electron chi connectivity index (χ4n) is 4.92. The minimum Gasteiger partial charge on any atom is -0.487 e. The maximum Gasteiger partial charge on any atom is 0.573 e. The molecule has 0 saturated carbocycles. The SMILES string of the molecule is COC(=O)C(C)Cc1ccc2c(c1)OC1(CC2)CCN(Cc2cc(F)ccc2OC(F)(F)F)CC1. The molecule has 190 valence electrons. The zero-order valence-corrected chi connectivity index (χ0v) is 19.8. The summed E-state index contributed by atoms with van der Waals surface area (Å²) in [4.78, 5) is 13.8. The average Bonchev–Trinajstić information content (AvgIpc) is 2.81. The van der Waals surface area contributed by atoms with Crippen molar-refractivity contribution in [2.24, 2.45) is 5.92 Å². The summed E-state index contributed by atoms with van der Waals surface area (Å²) >= 11 is 0. The van der Waals surface area contributed by atoms with Crippen LogP contribution in [0, 0.1) is 11.7 Å². The zero-order valence-electron chi connectivity index (χ0n) is 19.8. The van der Waals surface area contributed by atoms with E-state index in [9.17, 15) is 22.4 Å². The lowest BCUT2D eigenvalue weighted by Gasteiger charge is -2.44. The Bertz CT molecular complexity index is 1060. The Morgan fingerprint density at radius 1 is 1.14 bits per heavy atom. The quantitative estimate of drug-likeness (QED) is 0.395. The number of ether oxygens (including phenoxy) is 3. The van der Waals surface area contributed by atoms with Crippen LogP contribution in [0.15, 0.2) is 36.4 Å². The number of carbonyl (C=O) groups excluding carboxylic acids is 1. The molecule has 0 amide bonds. The van der Waals surface area contributed by atoms with Crippen LogP contribution in [0.4, 0.5) is 17.6 Å². The Kier molecular flexibility index (Phi) is 7.26. The van der Waals surface area contributed by atoms with Gasteiger partial charge in [0.05, 0.1) is 13.0 Å². The summed E-state index contributed by atoms with van der Waals surface area (Å²) in [7, 11) is 1.38. The van der Waals surface area contributed by atoms with Crippen molar-refractivity contribution < 1.29 is 36.6 Å². The van der Waals surface area contributed by atoms with E-state index >= 15 is 0 Å². The van der Waals surface area contributed by atoms with Crippen molar-refractivity contribution in [3.05, 3.63) is 58.9 Å². The van der Waals surface area contributed by atoms with E-state index in [1.807, 2.05) is 30.0 Å². The fourth-order valence-corrected chi connectivity index (χ4v) is 4.92. The van der Waals surface area contributed by atoms with Crippen LogP contribution in [0.1, 0.15) is 42.9 Å². The third kappa shape index (κ3) is 6.25. The Hall–Kier alpha value is -2.81. The van der Waals surface area contributed by atoms with Crippen molar-refractivity contribution in [2.45, 2.75) is 57.5 Å². The normalized spacial score (nSPS) is 18.5. The number of likely N-dealkylation sites (tertiary alicyclic amines) is 1. The van der Waals surface area contributed by atoms with E-state index < -0.39 is 12.2 Å². The number of alkyl halides is 3. The van der Waals surface area contributed by atoms with Crippen molar-refractivity contribution in [3.8, 4) is 11.5 Å². The van der Waals surface area contributed by atoms with Gasteiger partial charge in [-0.15, -0.1) is 13.2 Å². The van der Waals surface area contributed by atoms with E-state index in [1.54, 1.807) is 0 Å². The molecule has 2 aromatic rings. The molecule has 2 aromatic carbocycles. The first-order valence-corrected chi connectivity index (χ1v) is 11.7. The molecule has 1 saturated heterocycles. The number of aryl methyl sites for hydroxylation is 1. The monoisotopic (exact) mass is 495 g/mol. The number of hydrogen-bond donors (Lipinski definition) is 0.